The topological polar surface area (TPSA) is 54.0 Å². The second-order valence-corrected chi connectivity index (χ2v) is 4.67. The van der Waals surface area contributed by atoms with Crippen molar-refractivity contribution in [3.63, 3.8) is 0 Å². The molecule has 2 rings (SSSR count). The van der Waals surface area contributed by atoms with Crippen molar-refractivity contribution in [2.24, 2.45) is 0 Å². The number of benzene rings is 1. The average Bonchev–Trinajstić information content (AvgIpc) is 2.48. The Labute approximate surface area is 119 Å². The summed E-state index contributed by atoms with van der Waals surface area (Å²) in [5.74, 6) is 0.551. The number of hydrogen-bond acceptors (Lipinski definition) is 3. The zero-order chi connectivity index (χ0) is 14.4. The van der Waals surface area contributed by atoms with Gasteiger partial charge in [-0.05, 0) is 24.6 Å². The highest BCUT2D eigenvalue weighted by molar-refractivity contribution is 5.89. The van der Waals surface area contributed by atoms with Crippen molar-refractivity contribution in [3.05, 3.63) is 53.7 Å². The quantitative estimate of drug-likeness (QED) is 0.875. The van der Waals surface area contributed by atoms with E-state index >= 15 is 0 Å². The highest BCUT2D eigenvalue weighted by Crippen LogP contribution is 2.12. The third kappa shape index (κ3) is 4.09. The van der Waals surface area contributed by atoms with Crippen LogP contribution >= 0.6 is 0 Å². The maximum absolute atomic E-state index is 11.2. The summed E-state index contributed by atoms with van der Waals surface area (Å²) < 4.78 is 0. The lowest BCUT2D eigenvalue weighted by molar-refractivity contribution is -0.115. The Kier molecular flexibility index (Phi) is 4.71. The van der Waals surface area contributed by atoms with Crippen LogP contribution in [0.5, 0.6) is 0 Å². The Morgan fingerprint density at radius 2 is 1.90 bits per heavy atom. The van der Waals surface area contributed by atoms with Crippen molar-refractivity contribution in [1.82, 2.24) is 4.98 Å². The normalized spacial score (nSPS) is 10.1. The molecule has 0 aliphatic rings. The number of carbonyl (C=O) groups excluding carboxylic acids is 1. The molecule has 1 heterocycles. The predicted molar refractivity (Wildman–Crippen MR) is 81.7 cm³/mol. The van der Waals surface area contributed by atoms with Gasteiger partial charge in [0.2, 0.25) is 5.91 Å². The molecule has 1 aromatic carbocycles. The molecule has 2 N–H and O–H groups in total. The van der Waals surface area contributed by atoms with Crippen molar-refractivity contribution < 1.29 is 4.79 Å². The molecule has 0 saturated carbocycles. The van der Waals surface area contributed by atoms with Gasteiger partial charge in [0.1, 0.15) is 5.82 Å². The number of aryl methyl sites for hydroxylation is 1. The van der Waals surface area contributed by atoms with Gasteiger partial charge in [-0.1, -0.05) is 36.8 Å². The molecular weight excluding hydrogens is 250 g/mol. The standard InChI is InChI=1S/C16H19N3O/c1-3-16(20)19-15-9-8-14(11-18-15)17-10-13-6-4-12(2)5-7-13/h4-9,11,17H,3,10H2,1-2H3,(H,18,19,20). The Bertz CT molecular complexity index is 561. The van der Waals surface area contributed by atoms with E-state index in [0.717, 1.165) is 12.2 Å². The van der Waals surface area contributed by atoms with Crippen LogP contribution in [0.2, 0.25) is 0 Å². The molecule has 2 aromatic rings. The van der Waals surface area contributed by atoms with Crippen molar-refractivity contribution in [3.8, 4) is 0 Å². The number of carbonyl (C=O) groups is 1. The fourth-order valence-electron chi connectivity index (χ4n) is 1.71. The lowest BCUT2D eigenvalue weighted by atomic mass is 10.1. The zero-order valence-corrected chi connectivity index (χ0v) is 11.8. The van der Waals surface area contributed by atoms with Crippen LogP contribution in [0.25, 0.3) is 0 Å². The Hall–Kier alpha value is -2.36. The number of hydrogen-bond donors (Lipinski definition) is 2. The Morgan fingerprint density at radius 1 is 1.15 bits per heavy atom. The SMILES string of the molecule is CCC(=O)Nc1ccc(NCc2ccc(C)cc2)cn1. The third-order valence-electron chi connectivity index (χ3n) is 2.97. The van der Waals surface area contributed by atoms with Crippen LogP contribution in [0.4, 0.5) is 11.5 Å². The van der Waals surface area contributed by atoms with Gasteiger partial charge in [0.25, 0.3) is 0 Å². The van der Waals surface area contributed by atoms with E-state index in [9.17, 15) is 4.79 Å². The molecular formula is C16H19N3O. The number of pyridine rings is 1. The maximum Gasteiger partial charge on any atom is 0.225 e. The van der Waals surface area contributed by atoms with Crippen molar-refractivity contribution in [1.29, 1.82) is 0 Å². The zero-order valence-electron chi connectivity index (χ0n) is 11.8. The van der Waals surface area contributed by atoms with E-state index in [-0.39, 0.29) is 5.91 Å². The molecule has 0 aliphatic heterocycles. The van der Waals surface area contributed by atoms with Crippen LogP contribution < -0.4 is 10.6 Å². The number of rotatable bonds is 5. The van der Waals surface area contributed by atoms with Gasteiger partial charge in [-0.25, -0.2) is 4.98 Å². The van der Waals surface area contributed by atoms with Gasteiger partial charge in [0, 0.05) is 13.0 Å². The molecule has 20 heavy (non-hydrogen) atoms. The lowest BCUT2D eigenvalue weighted by Gasteiger charge is -2.08. The van der Waals surface area contributed by atoms with Crippen LogP contribution in [0.3, 0.4) is 0 Å². The molecule has 0 radical (unpaired) electrons. The molecule has 0 fully saturated rings. The molecule has 1 aromatic heterocycles. The lowest BCUT2D eigenvalue weighted by Crippen LogP contribution is -2.10. The molecule has 1 amide bonds. The van der Waals surface area contributed by atoms with E-state index in [2.05, 4.69) is 46.8 Å². The summed E-state index contributed by atoms with van der Waals surface area (Å²) in [6.45, 7) is 4.64. The summed E-state index contributed by atoms with van der Waals surface area (Å²) in [4.78, 5) is 15.4. The molecule has 0 atom stereocenters. The number of aromatic nitrogens is 1. The molecule has 0 saturated heterocycles. The van der Waals surface area contributed by atoms with Gasteiger partial charge in [-0.3, -0.25) is 4.79 Å². The summed E-state index contributed by atoms with van der Waals surface area (Å²) in [6.07, 6.45) is 2.18. The third-order valence-corrected chi connectivity index (χ3v) is 2.97. The maximum atomic E-state index is 11.2. The number of anilines is 2. The van der Waals surface area contributed by atoms with Crippen molar-refractivity contribution in [2.75, 3.05) is 10.6 Å². The van der Waals surface area contributed by atoms with E-state index in [4.69, 9.17) is 0 Å². The fourth-order valence-corrected chi connectivity index (χ4v) is 1.71. The predicted octanol–water partition coefficient (Wildman–Crippen LogP) is 3.35. The summed E-state index contributed by atoms with van der Waals surface area (Å²) in [5, 5.41) is 6.02. The fraction of sp³-hybridized carbons (Fsp3) is 0.250. The first-order chi connectivity index (χ1) is 9.67. The molecule has 0 aliphatic carbocycles. The van der Waals surface area contributed by atoms with Crippen LogP contribution in [0.1, 0.15) is 24.5 Å². The second-order valence-electron chi connectivity index (χ2n) is 4.67. The number of amides is 1. The summed E-state index contributed by atoms with van der Waals surface area (Å²) in [7, 11) is 0. The first-order valence-electron chi connectivity index (χ1n) is 6.72. The smallest absolute Gasteiger partial charge is 0.225 e. The van der Waals surface area contributed by atoms with Crippen LogP contribution in [-0.4, -0.2) is 10.9 Å². The van der Waals surface area contributed by atoms with Crippen molar-refractivity contribution in [2.45, 2.75) is 26.8 Å². The highest BCUT2D eigenvalue weighted by atomic mass is 16.1. The van der Waals surface area contributed by atoms with Gasteiger partial charge in [0.05, 0.1) is 11.9 Å². The molecule has 0 unspecified atom stereocenters. The molecule has 0 spiro atoms. The Morgan fingerprint density at radius 3 is 2.50 bits per heavy atom. The molecule has 104 valence electrons. The summed E-state index contributed by atoms with van der Waals surface area (Å²) in [5.41, 5.74) is 3.41. The monoisotopic (exact) mass is 269 g/mol. The first-order valence-corrected chi connectivity index (χ1v) is 6.72. The number of nitrogens with one attached hydrogen (secondary N) is 2. The second kappa shape index (κ2) is 6.70. The van der Waals surface area contributed by atoms with E-state index in [1.165, 1.54) is 11.1 Å². The summed E-state index contributed by atoms with van der Waals surface area (Å²) >= 11 is 0. The van der Waals surface area contributed by atoms with Gasteiger partial charge >= 0.3 is 0 Å². The summed E-state index contributed by atoms with van der Waals surface area (Å²) in [6, 6.07) is 12.1. The van der Waals surface area contributed by atoms with E-state index < -0.39 is 0 Å². The van der Waals surface area contributed by atoms with Gasteiger partial charge in [0.15, 0.2) is 0 Å². The molecule has 4 heteroatoms. The minimum atomic E-state index is -0.0298. The minimum Gasteiger partial charge on any atom is -0.380 e. The van der Waals surface area contributed by atoms with E-state index in [0.29, 0.717) is 12.2 Å². The largest absolute Gasteiger partial charge is 0.380 e. The highest BCUT2D eigenvalue weighted by Gasteiger charge is 2.00. The van der Waals surface area contributed by atoms with Crippen LogP contribution in [0, 0.1) is 6.92 Å². The van der Waals surface area contributed by atoms with Crippen molar-refractivity contribution >= 4 is 17.4 Å². The molecule has 4 nitrogen and oxygen atoms in total. The van der Waals surface area contributed by atoms with Gasteiger partial charge < -0.3 is 10.6 Å². The minimum absolute atomic E-state index is 0.0298. The van der Waals surface area contributed by atoms with E-state index in [1.54, 1.807) is 12.3 Å². The van der Waals surface area contributed by atoms with Gasteiger partial charge in [-0.15, -0.1) is 0 Å². The van der Waals surface area contributed by atoms with E-state index in [1.807, 2.05) is 13.0 Å². The van der Waals surface area contributed by atoms with Crippen LogP contribution in [0.15, 0.2) is 42.6 Å². The van der Waals surface area contributed by atoms with Gasteiger partial charge in [-0.2, -0.15) is 0 Å². The van der Waals surface area contributed by atoms with Crippen LogP contribution in [-0.2, 0) is 11.3 Å². The molecule has 0 bridgehead atoms. The number of nitrogens with zero attached hydrogens (tertiary/aromatic N) is 1. The average molecular weight is 269 g/mol. The first kappa shape index (κ1) is 14.1. The Balaban J connectivity index is 1.90.